The van der Waals surface area contributed by atoms with E-state index in [1.54, 1.807) is 38.5 Å². The molecule has 0 amide bonds. The standard InChI is InChI=1S/C16H30N2/c1-18(2)5-3-4-17-12-16-9-13-6-14(10-16)8-15(7-13)11-16/h13-15,17H,3-12H2,1-2H3. The summed E-state index contributed by atoms with van der Waals surface area (Å²) in [5.74, 6) is 3.29. The second-order valence-corrected chi connectivity index (χ2v) is 7.75. The Kier molecular flexibility index (Phi) is 3.68. The summed E-state index contributed by atoms with van der Waals surface area (Å²) < 4.78 is 0. The molecule has 2 heteroatoms. The molecule has 0 radical (unpaired) electrons. The molecule has 2 nitrogen and oxygen atoms in total. The van der Waals surface area contributed by atoms with Crippen LogP contribution < -0.4 is 5.32 Å². The highest BCUT2D eigenvalue weighted by Crippen LogP contribution is 2.59. The lowest BCUT2D eigenvalue weighted by Crippen LogP contribution is -2.50. The average Bonchev–Trinajstić information content (AvgIpc) is 2.25. The lowest BCUT2D eigenvalue weighted by Gasteiger charge is -2.57. The van der Waals surface area contributed by atoms with Crippen LogP contribution in [0.1, 0.15) is 44.9 Å². The van der Waals surface area contributed by atoms with Gasteiger partial charge in [0.2, 0.25) is 0 Å². The minimum absolute atomic E-state index is 0.715. The Morgan fingerprint density at radius 3 is 2.06 bits per heavy atom. The predicted octanol–water partition coefficient (Wildman–Crippen LogP) is 2.74. The van der Waals surface area contributed by atoms with Crippen LogP contribution in [0.2, 0.25) is 0 Å². The fourth-order valence-electron chi connectivity index (χ4n) is 5.38. The topological polar surface area (TPSA) is 15.3 Å². The number of nitrogens with zero attached hydrogens (tertiary/aromatic N) is 1. The van der Waals surface area contributed by atoms with Gasteiger partial charge < -0.3 is 10.2 Å². The van der Waals surface area contributed by atoms with Gasteiger partial charge in [-0.1, -0.05) is 0 Å². The molecule has 0 aromatic rings. The SMILES string of the molecule is CN(C)CCCNCC12CC3CC(CC(C3)C1)C2. The fourth-order valence-corrected chi connectivity index (χ4v) is 5.38. The predicted molar refractivity (Wildman–Crippen MR) is 76.6 cm³/mol. The van der Waals surface area contributed by atoms with E-state index in [1.165, 1.54) is 26.1 Å². The molecule has 0 heterocycles. The highest BCUT2D eigenvalue weighted by molar-refractivity contribution is 5.02. The van der Waals surface area contributed by atoms with E-state index in [9.17, 15) is 0 Å². The van der Waals surface area contributed by atoms with Crippen LogP contribution in [-0.4, -0.2) is 38.6 Å². The van der Waals surface area contributed by atoms with Crippen molar-refractivity contribution in [2.75, 3.05) is 33.7 Å². The lowest BCUT2D eigenvalue weighted by atomic mass is 9.49. The van der Waals surface area contributed by atoms with Gasteiger partial charge in [-0.25, -0.2) is 0 Å². The van der Waals surface area contributed by atoms with Crippen LogP contribution in [0.3, 0.4) is 0 Å². The molecule has 4 bridgehead atoms. The van der Waals surface area contributed by atoms with Crippen molar-refractivity contribution in [3.63, 3.8) is 0 Å². The van der Waals surface area contributed by atoms with Crippen molar-refractivity contribution >= 4 is 0 Å². The summed E-state index contributed by atoms with van der Waals surface area (Å²) >= 11 is 0. The van der Waals surface area contributed by atoms with E-state index in [-0.39, 0.29) is 0 Å². The van der Waals surface area contributed by atoms with Gasteiger partial charge in [-0.3, -0.25) is 0 Å². The first-order valence-electron chi connectivity index (χ1n) is 8.01. The van der Waals surface area contributed by atoms with Crippen molar-refractivity contribution in [1.82, 2.24) is 10.2 Å². The summed E-state index contributed by atoms with van der Waals surface area (Å²) in [6, 6.07) is 0. The van der Waals surface area contributed by atoms with Crippen molar-refractivity contribution in [2.24, 2.45) is 23.2 Å². The van der Waals surface area contributed by atoms with Crippen molar-refractivity contribution in [1.29, 1.82) is 0 Å². The van der Waals surface area contributed by atoms with Gasteiger partial charge in [0.1, 0.15) is 0 Å². The summed E-state index contributed by atoms with van der Waals surface area (Å²) in [7, 11) is 4.33. The van der Waals surface area contributed by atoms with Crippen molar-refractivity contribution in [2.45, 2.75) is 44.9 Å². The Morgan fingerprint density at radius 1 is 1.00 bits per heavy atom. The summed E-state index contributed by atoms with van der Waals surface area (Å²) in [6.07, 6.45) is 10.6. The van der Waals surface area contributed by atoms with Crippen molar-refractivity contribution in [3.8, 4) is 0 Å². The van der Waals surface area contributed by atoms with E-state index in [1.807, 2.05) is 0 Å². The van der Waals surface area contributed by atoms with Crippen LogP contribution in [0.25, 0.3) is 0 Å². The maximum absolute atomic E-state index is 3.77. The molecule has 4 rings (SSSR count). The van der Waals surface area contributed by atoms with E-state index in [0.29, 0.717) is 5.41 Å². The van der Waals surface area contributed by atoms with Gasteiger partial charge in [-0.2, -0.15) is 0 Å². The van der Waals surface area contributed by atoms with Gasteiger partial charge in [-0.05, 0) is 95.3 Å². The first-order chi connectivity index (χ1) is 8.65. The lowest BCUT2D eigenvalue weighted by molar-refractivity contribution is -0.0512. The molecule has 0 unspecified atom stereocenters. The summed E-state index contributed by atoms with van der Waals surface area (Å²) in [4.78, 5) is 2.28. The summed E-state index contributed by atoms with van der Waals surface area (Å²) in [5.41, 5.74) is 0.715. The van der Waals surface area contributed by atoms with E-state index < -0.39 is 0 Å². The van der Waals surface area contributed by atoms with Crippen molar-refractivity contribution < 1.29 is 0 Å². The monoisotopic (exact) mass is 250 g/mol. The fraction of sp³-hybridized carbons (Fsp3) is 1.00. The normalized spacial score (nSPS) is 41.8. The molecule has 4 fully saturated rings. The molecule has 0 saturated heterocycles. The van der Waals surface area contributed by atoms with E-state index in [2.05, 4.69) is 24.3 Å². The van der Waals surface area contributed by atoms with Crippen molar-refractivity contribution in [3.05, 3.63) is 0 Å². The van der Waals surface area contributed by atoms with Crippen LogP contribution in [0.15, 0.2) is 0 Å². The molecule has 18 heavy (non-hydrogen) atoms. The molecule has 0 aromatic carbocycles. The Balaban J connectivity index is 1.45. The third kappa shape index (κ3) is 2.75. The molecule has 4 aliphatic rings. The number of hydrogen-bond donors (Lipinski definition) is 1. The van der Waals surface area contributed by atoms with Crippen LogP contribution >= 0.6 is 0 Å². The highest BCUT2D eigenvalue weighted by atomic mass is 15.1. The van der Waals surface area contributed by atoms with Gasteiger partial charge in [0.15, 0.2) is 0 Å². The Morgan fingerprint density at radius 2 is 1.56 bits per heavy atom. The molecular weight excluding hydrogens is 220 g/mol. The molecule has 0 aromatic heterocycles. The first kappa shape index (κ1) is 12.9. The number of hydrogen-bond acceptors (Lipinski definition) is 2. The van der Waals surface area contributed by atoms with Gasteiger partial charge in [0.05, 0.1) is 0 Å². The maximum atomic E-state index is 3.77. The van der Waals surface area contributed by atoms with E-state index >= 15 is 0 Å². The van der Waals surface area contributed by atoms with E-state index in [0.717, 1.165) is 17.8 Å². The Labute approximate surface area is 113 Å². The number of rotatable bonds is 6. The average molecular weight is 250 g/mol. The molecule has 0 atom stereocenters. The molecule has 1 N–H and O–H groups in total. The van der Waals surface area contributed by atoms with Gasteiger partial charge in [0.25, 0.3) is 0 Å². The second-order valence-electron chi connectivity index (χ2n) is 7.75. The van der Waals surface area contributed by atoms with Crippen LogP contribution in [0.4, 0.5) is 0 Å². The molecular formula is C16H30N2. The minimum atomic E-state index is 0.715. The van der Waals surface area contributed by atoms with Gasteiger partial charge in [0, 0.05) is 6.54 Å². The smallest absolute Gasteiger partial charge is 0.000812 e. The van der Waals surface area contributed by atoms with Crippen LogP contribution in [-0.2, 0) is 0 Å². The second kappa shape index (κ2) is 5.13. The zero-order chi connectivity index (χ0) is 12.6. The quantitative estimate of drug-likeness (QED) is 0.729. The molecule has 4 aliphatic carbocycles. The summed E-state index contributed by atoms with van der Waals surface area (Å²) in [5, 5.41) is 3.77. The maximum Gasteiger partial charge on any atom is 0.000812 e. The van der Waals surface area contributed by atoms with E-state index in [4.69, 9.17) is 0 Å². The molecule has 0 aliphatic heterocycles. The Bertz CT molecular complexity index is 250. The van der Waals surface area contributed by atoms with Crippen LogP contribution in [0.5, 0.6) is 0 Å². The van der Waals surface area contributed by atoms with Gasteiger partial charge >= 0.3 is 0 Å². The molecule has 0 spiro atoms. The first-order valence-corrected chi connectivity index (χ1v) is 8.01. The molecule has 104 valence electrons. The Hall–Kier alpha value is -0.0800. The third-order valence-corrected chi connectivity index (χ3v) is 5.62. The number of nitrogens with one attached hydrogen (secondary N) is 1. The molecule has 4 saturated carbocycles. The largest absolute Gasteiger partial charge is 0.316 e. The zero-order valence-corrected chi connectivity index (χ0v) is 12.3. The van der Waals surface area contributed by atoms with Crippen LogP contribution in [0, 0.1) is 23.2 Å². The zero-order valence-electron chi connectivity index (χ0n) is 12.3. The van der Waals surface area contributed by atoms with Gasteiger partial charge in [-0.15, -0.1) is 0 Å². The minimum Gasteiger partial charge on any atom is -0.316 e. The third-order valence-electron chi connectivity index (χ3n) is 5.62. The highest BCUT2D eigenvalue weighted by Gasteiger charge is 2.50. The summed E-state index contributed by atoms with van der Waals surface area (Å²) in [6.45, 7) is 3.73.